The van der Waals surface area contributed by atoms with Crippen LogP contribution in [0.2, 0.25) is 0 Å². The van der Waals surface area contributed by atoms with E-state index in [1.807, 2.05) is 6.08 Å². The fraction of sp³-hybridized carbons (Fsp3) is 0.150. The molecule has 0 aliphatic carbocycles. The summed E-state index contributed by atoms with van der Waals surface area (Å²) in [6.45, 7) is 6.42. The summed E-state index contributed by atoms with van der Waals surface area (Å²) in [5, 5.41) is -0.467. The van der Waals surface area contributed by atoms with Crippen LogP contribution in [0, 0.1) is 20.8 Å². The van der Waals surface area contributed by atoms with Gasteiger partial charge in [-0.1, -0.05) is 60.2 Å². The van der Waals surface area contributed by atoms with E-state index in [9.17, 15) is 4.79 Å². The molecule has 0 saturated heterocycles. The third kappa shape index (κ3) is 4.19. The summed E-state index contributed by atoms with van der Waals surface area (Å²) in [6.07, 6.45) is 6.70. The van der Waals surface area contributed by atoms with Crippen molar-refractivity contribution in [3.05, 3.63) is 76.9 Å². The second kappa shape index (κ2) is 7.24. The number of rotatable bonds is 4. The van der Waals surface area contributed by atoms with E-state index >= 15 is 0 Å². The van der Waals surface area contributed by atoms with Gasteiger partial charge >= 0.3 is 0 Å². The Morgan fingerprint density at radius 1 is 0.955 bits per heavy atom. The standard InChI is InChI=1S/C20H19ClO/c1-14-12-15(2)20(16(3)13-14)18-10-8-17(9-11-18)6-4-5-7-19(21)22/h4-13H,1-3H3/b6-4+,7-5+. The van der Waals surface area contributed by atoms with Crippen molar-refractivity contribution in [1.29, 1.82) is 0 Å². The molecule has 0 atom stereocenters. The van der Waals surface area contributed by atoms with Crippen LogP contribution in [0.15, 0.2) is 54.6 Å². The molecule has 112 valence electrons. The third-order valence-electron chi connectivity index (χ3n) is 3.50. The fourth-order valence-corrected chi connectivity index (χ4v) is 2.77. The van der Waals surface area contributed by atoms with Gasteiger partial charge in [-0.05, 0) is 66.3 Å². The maximum Gasteiger partial charge on any atom is 0.245 e. The molecule has 0 fully saturated rings. The Hall–Kier alpha value is -2.12. The highest BCUT2D eigenvalue weighted by atomic mass is 35.5. The van der Waals surface area contributed by atoms with Gasteiger partial charge in [-0.2, -0.15) is 0 Å². The van der Waals surface area contributed by atoms with Gasteiger partial charge in [0.25, 0.3) is 0 Å². The average Bonchev–Trinajstić information content (AvgIpc) is 2.44. The molecule has 0 amide bonds. The molecule has 1 nitrogen and oxygen atoms in total. The van der Waals surface area contributed by atoms with E-state index in [1.165, 1.54) is 33.9 Å². The minimum atomic E-state index is -0.467. The van der Waals surface area contributed by atoms with E-state index < -0.39 is 5.24 Å². The Balaban J connectivity index is 2.24. The van der Waals surface area contributed by atoms with Crippen LogP contribution < -0.4 is 0 Å². The zero-order valence-electron chi connectivity index (χ0n) is 13.1. The van der Waals surface area contributed by atoms with Crippen molar-refractivity contribution in [2.24, 2.45) is 0 Å². The van der Waals surface area contributed by atoms with Crippen LogP contribution in [0.5, 0.6) is 0 Å². The minimum Gasteiger partial charge on any atom is -0.276 e. The molecule has 2 rings (SSSR count). The molecule has 0 radical (unpaired) electrons. The van der Waals surface area contributed by atoms with E-state index in [-0.39, 0.29) is 0 Å². The SMILES string of the molecule is Cc1cc(C)c(-c2ccc(/C=C/C=C/C(=O)Cl)cc2)c(C)c1. The van der Waals surface area contributed by atoms with Gasteiger partial charge in [0.2, 0.25) is 5.24 Å². The maximum atomic E-state index is 10.6. The molecule has 22 heavy (non-hydrogen) atoms. The summed E-state index contributed by atoms with van der Waals surface area (Å²) >= 11 is 5.23. The molecule has 0 aliphatic heterocycles. The van der Waals surface area contributed by atoms with Gasteiger partial charge in [0.05, 0.1) is 0 Å². The number of allylic oxidation sites excluding steroid dienone is 3. The molecule has 0 spiro atoms. The number of hydrogen-bond acceptors (Lipinski definition) is 1. The number of benzene rings is 2. The van der Waals surface area contributed by atoms with E-state index in [1.54, 1.807) is 12.2 Å². The first-order valence-electron chi connectivity index (χ1n) is 7.20. The first-order chi connectivity index (χ1) is 10.5. The predicted molar refractivity (Wildman–Crippen MR) is 95.1 cm³/mol. The molecular weight excluding hydrogens is 292 g/mol. The molecule has 0 unspecified atom stereocenters. The van der Waals surface area contributed by atoms with Gasteiger partial charge in [0.15, 0.2) is 0 Å². The summed E-state index contributed by atoms with van der Waals surface area (Å²) < 4.78 is 0. The number of hydrogen-bond donors (Lipinski definition) is 0. The highest BCUT2D eigenvalue weighted by molar-refractivity contribution is 6.66. The summed E-state index contributed by atoms with van der Waals surface area (Å²) in [4.78, 5) is 10.6. The van der Waals surface area contributed by atoms with Crippen molar-refractivity contribution in [1.82, 2.24) is 0 Å². The number of carbonyl (C=O) groups excluding carboxylic acids is 1. The zero-order valence-corrected chi connectivity index (χ0v) is 13.8. The highest BCUT2D eigenvalue weighted by Crippen LogP contribution is 2.28. The molecular formula is C20H19ClO. The summed E-state index contributed by atoms with van der Waals surface area (Å²) in [5.74, 6) is 0. The second-order valence-electron chi connectivity index (χ2n) is 5.42. The average molecular weight is 311 g/mol. The van der Waals surface area contributed by atoms with Gasteiger partial charge in [-0.15, -0.1) is 0 Å². The first kappa shape index (κ1) is 16.3. The quantitative estimate of drug-likeness (QED) is 0.407. The molecule has 0 saturated carbocycles. The number of aryl methyl sites for hydroxylation is 3. The van der Waals surface area contributed by atoms with E-state index in [0.29, 0.717) is 0 Å². The van der Waals surface area contributed by atoms with Crippen LogP contribution in [-0.2, 0) is 4.79 Å². The molecule has 0 heterocycles. The van der Waals surface area contributed by atoms with Crippen molar-refractivity contribution >= 4 is 22.9 Å². The van der Waals surface area contributed by atoms with Crippen molar-refractivity contribution in [2.75, 3.05) is 0 Å². The molecule has 2 heteroatoms. The lowest BCUT2D eigenvalue weighted by atomic mass is 9.93. The molecule has 0 aliphatic rings. The lowest BCUT2D eigenvalue weighted by Crippen LogP contribution is -1.90. The number of carbonyl (C=O) groups is 1. The van der Waals surface area contributed by atoms with Gasteiger partial charge < -0.3 is 0 Å². The van der Waals surface area contributed by atoms with Gasteiger partial charge in [-0.3, -0.25) is 4.79 Å². The highest BCUT2D eigenvalue weighted by Gasteiger charge is 2.06. The minimum absolute atomic E-state index is 0.467. The fourth-order valence-electron chi connectivity index (χ4n) is 2.69. The van der Waals surface area contributed by atoms with Gasteiger partial charge in [-0.25, -0.2) is 0 Å². The van der Waals surface area contributed by atoms with Crippen LogP contribution in [0.3, 0.4) is 0 Å². The van der Waals surface area contributed by atoms with Crippen molar-refractivity contribution in [2.45, 2.75) is 20.8 Å². The Morgan fingerprint density at radius 3 is 2.09 bits per heavy atom. The summed E-state index contributed by atoms with van der Waals surface area (Å²) in [5.41, 5.74) is 7.48. The maximum absolute atomic E-state index is 10.6. The normalized spacial score (nSPS) is 11.5. The molecule has 0 N–H and O–H groups in total. The Bertz CT molecular complexity index is 714. The molecule has 2 aromatic rings. The molecule has 0 bridgehead atoms. The summed E-state index contributed by atoms with van der Waals surface area (Å²) in [7, 11) is 0. The Labute approximate surface area is 136 Å². The van der Waals surface area contributed by atoms with Crippen molar-refractivity contribution < 1.29 is 4.79 Å². The second-order valence-corrected chi connectivity index (χ2v) is 5.79. The van der Waals surface area contributed by atoms with Crippen LogP contribution >= 0.6 is 11.6 Å². The van der Waals surface area contributed by atoms with Crippen LogP contribution in [0.1, 0.15) is 22.3 Å². The van der Waals surface area contributed by atoms with E-state index in [2.05, 4.69) is 57.2 Å². The lowest BCUT2D eigenvalue weighted by molar-refractivity contribution is -0.107. The largest absolute Gasteiger partial charge is 0.276 e. The smallest absolute Gasteiger partial charge is 0.245 e. The van der Waals surface area contributed by atoms with E-state index in [0.717, 1.165) is 5.56 Å². The number of halogens is 1. The first-order valence-corrected chi connectivity index (χ1v) is 7.57. The van der Waals surface area contributed by atoms with Crippen LogP contribution in [0.4, 0.5) is 0 Å². The van der Waals surface area contributed by atoms with Gasteiger partial charge in [0, 0.05) is 0 Å². The van der Waals surface area contributed by atoms with Gasteiger partial charge in [0.1, 0.15) is 0 Å². The van der Waals surface area contributed by atoms with Crippen LogP contribution in [-0.4, -0.2) is 5.24 Å². The summed E-state index contributed by atoms with van der Waals surface area (Å²) in [6, 6.07) is 12.8. The van der Waals surface area contributed by atoms with E-state index in [4.69, 9.17) is 11.6 Å². The Kier molecular flexibility index (Phi) is 5.35. The van der Waals surface area contributed by atoms with Crippen molar-refractivity contribution in [3.8, 4) is 11.1 Å². The zero-order chi connectivity index (χ0) is 16.1. The Morgan fingerprint density at radius 2 is 1.55 bits per heavy atom. The molecule has 0 aromatic heterocycles. The van der Waals surface area contributed by atoms with Crippen molar-refractivity contribution in [3.63, 3.8) is 0 Å². The molecule has 2 aromatic carbocycles. The predicted octanol–water partition coefficient (Wildman–Crippen LogP) is 5.61. The third-order valence-corrected chi connectivity index (χ3v) is 3.63. The topological polar surface area (TPSA) is 17.1 Å². The lowest BCUT2D eigenvalue weighted by Gasteiger charge is -2.11. The van der Waals surface area contributed by atoms with Crippen LogP contribution in [0.25, 0.3) is 17.2 Å². The monoisotopic (exact) mass is 310 g/mol.